The van der Waals surface area contributed by atoms with E-state index in [1.165, 1.54) is 0 Å². The van der Waals surface area contributed by atoms with Crippen LogP contribution in [0.4, 0.5) is 5.69 Å². The first-order valence-electron chi connectivity index (χ1n) is 4.70. The van der Waals surface area contributed by atoms with Crippen LogP contribution in [0.1, 0.15) is 15.2 Å². The van der Waals surface area contributed by atoms with Gasteiger partial charge < -0.3 is 10.4 Å². The second-order valence-corrected chi connectivity index (χ2v) is 4.17. The number of nitrogens with zero attached hydrogens (tertiary/aromatic N) is 1. The first kappa shape index (κ1) is 10.6. The van der Waals surface area contributed by atoms with Gasteiger partial charge in [0.05, 0.1) is 17.6 Å². The lowest BCUT2D eigenvalue weighted by molar-refractivity contribution is 0.0697. The fraction of sp³-hybridized carbons (Fsp3) is 0.0909. The van der Waals surface area contributed by atoms with Crippen LogP contribution >= 0.6 is 11.3 Å². The zero-order chi connectivity index (χ0) is 11.4. The molecule has 82 valence electrons. The van der Waals surface area contributed by atoms with E-state index in [0.717, 1.165) is 10.6 Å². The number of carboxylic acid groups (broad SMARTS) is 1. The number of carbonyl (C=O) groups is 1. The van der Waals surface area contributed by atoms with Crippen LogP contribution in [0.3, 0.4) is 0 Å². The maximum atomic E-state index is 10.6. The molecule has 0 amide bonds. The summed E-state index contributed by atoms with van der Waals surface area (Å²) in [6.07, 6.45) is 1.81. The SMILES string of the molecule is O=C(O)c1ccc(NCc2cncs2)cc1. The molecule has 0 aliphatic heterocycles. The Morgan fingerprint density at radius 2 is 2.12 bits per heavy atom. The van der Waals surface area contributed by atoms with Crippen LogP contribution in [0.2, 0.25) is 0 Å². The molecule has 0 unspecified atom stereocenters. The summed E-state index contributed by atoms with van der Waals surface area (Å²) < 4.78 is 0. The smallest absolute Gasteiger partial charge is 0.335 e. The fourth-order valence-electron chi connectivity index (χ4n) is 1.25. The number of thiazole rings is 1. The van der Waals surface area contributed by atoms with Crippen LogP contribution in [-0.2, 0) is 6.54 Å². The lowest BCUT2D eigenvalue weighted by atomic mass is 10.2. The Morgan fingerprint density at radius 3 is 2.69 bits per heavy atom. The quantitative estimate of drug-likeness (QED) is 0.853. The van der Waals surface area contributed by atoms with E-state index in [2.05, 4.69) is 10.3 Å². The number of aromatic carboxylic acids is 1. The zero-order valence-electron chi connectivity index (χ0n) is 8.38. The Bertz CT molecular complexity index is 465. The number of anilines is 1. The third-order valence-electron chi connectivity index (χ3n) is 2.08. The number of hydrogen-bond acceptors (Lipinski definition) is 4. The normalized spacial score (nSPS) is 10.0. The number of hydrogen-bond donors (Lipinski definition) is 2. The van der Waals surface area contributed by atoms with Gasteiger partial charge in [0.25, 0.3) is 0 Å². The molecule has 0 bridgehead atoms. The average molecular weight is 234 g/mol. The van der Waals surface area contributed by atoms with Gasteiger partial charge in [-0.2, -0.15) is 0 Å². The molecule has 0 saturated carbocycles. The summed E-state index contributed by atoms with van der Waals surface area (Å²) in [5.41, 5.74) is 2.98. The van der Waals surface area contributed by atoms with Crippen molar-refractivity contribution in [1.82, 2.24) is 4.98 Å². The van der Waals surface area contributed by atoms with Gasteiger partial charge >= 0.3 is 5.97 Å². The largest absolute Gasteiger partial charge is 0.478 e. The highest BCUT2D eigenvalue weighted by Gasteiger charge is 2.01. The Balaban J connectivity index is 1.98. The highest BCUT2D eigenvalue weighted by Crippen LogP contribution is 2.12. The lowest BCUT2D eigenvalue weighted by Crippen LogP contribution is -1.99. The van der Waals surface area contributed by atoms with E-state index in [1.54, 1.807) is 41.1 Å². The molecule has 0 saturated heterocycles. The van der Waals surface area contributed by atoms with E-state index in [0.29, 0.717) is 12.1 Å². The Hall–Kier alpha value is -1.88. The van der Waals surface area contributed by atoms with E-state index in [9.17, 15) is 4.79 Å². The standard InChI is InChI=1S/C11H10N2O2S/c14-11(15)8-1-3-9(4-2-8)13-6-10-5-12-7-16-10/h1-5,7,13H,6H2,(H,14,15). The molecule has 2 N–H and O–H groups in total. The minimum absolute atomic E-state index is 0.295. The molecule has 2 aromatic rings. The summed E-state index contributed by atoms with van der Waals surface area (Å²) in [6, 6.07) is 6.67. The third kappa shape index (κ3) is 2.58. The molecule has 0 atom stereocenters. The van der Waals surface area contributed by atoms with Gasteiger partial charge in [-0.05, 0) is 24.3 Å². The molecule has 4 nitrogen and oxygen atoms in total. The van der Waals surface area contributed by atoms with E-state index >= 15 is 0 Å². The molecular weight excluding hydrogens is 224 g/mol. The molecule has 0 radical (unpaired) electrons. The van der Waals surface area contributed by atoms with Gasteiger partial charge in [0.1, 0.15) is 0 Å². The van der Waals surface area contributed by atoms with Gasteiger partial charge in [-0.25, -0.2) is 4.79 Å². The van der Waals surface area contributed by atoms with Crippen LogP contribution in [0.15, 0.2) is 36.0 Å². The van der Waals surface area contributed by atoms with Crippen molar-refractivity contribution < 1.29 is 9.90 Å². The molecule has 0 spiro atoms. The summed E-state index contributed by atoms with van der Waals surface area (Å²) in [5.74, 6) is -0.908. The highest BCUT2D eigenvalue weighted by atomic mass is 32.1. The molecule has 2 rings (SSSR count). The maximum absolute atomic E-state index is 10.6. The van der Waals surface area contributed by atoms with Gasteiger partial charge in [0, 0.05) is 16.8 Å². The summed E-state index contributed by atoms with van der Waals surface area (Å²) in [7, 11) is 0. The molecular formula is C11H10N2O2S. The first-order valence-corrected chi connectivity index (χ1v) is 5.58. The minimum atomic E-state index is -0.908. The van der Waals surface area contributed by atoms with Crippen LogP contribution in [0.25, 0.3) is 0 Å². The molecule has 0 aliphatic carbocycles. The number of aromatic nitrogens is 1. The minimum Gasteiger partial charge on any atom is -0.478 e. The van der Waals surface area contributed by atoms with Gasteiger partial charge in [-0.1, -0.05) is 0 Å². The highest BCUT2D eigenvalue weighted by molar-refractivity contribution is 7.09. The summed E-state index contributed by atoms with van der Waals surface area (Å²) in [5, 5.41) is 11.9. The van der Waals surface area contributed by atoms with Crippen molar-refractivity contribution in [2.75, 3.05) is 5.32 Å². The maximum Gasteiger partial charge on any atom is 0.335 e. The number of rotatable bonds is 4. The van der Waals surface area contributed by atoms with Crippen molar-refractivity contribution in [3.8, 4) is 0 Å². The molecule has 5 heteroatoms. The predicted molar refractivity (Wildman–Crippen MR) is 62.8 cm³/mol. The molecule has 1 aromatic heterocycles. The Morgan fingerprint density at radius 1 is 1.38 bits per heavy atom. The van der Waals surface area contributed by atoms with Gasteiger partial charge in [0.2, 0.25) is 0 Å². The van der Waals surface area contributed by atoms with Crippen molar-refractivity contribution in [1.29, 1.82) is 0 Å². The van der Waals surface area contributed by atoms with E-state index in [-0.39, 0.29) is 0 Å². The Labute approximate surface area is 96.6 Å². The van der Waals surface area contributed by atoms with E-state index in [4.69, 9.17) is 5.11 Å². The second-order valence-electron chi connectivity index (χ2n) is 3.20. The van der Waals surface area contributed by atoms with Gasteiger partial charge in [-0.3, -0.25) is 4.98 Å². The van der Waals surface area contributed by atoms with Crippen molar-refractivity contribution in [2.45, 2.75) is 6.54 Å². The molecule has 1 heterocycles. The Kier molecular flexibility index (Phi) is 3.16. The van der Waals surface area contributed by atoms with E-state index < -0.39 is 5.97 Å². The second kappa shape index (κ2) is 4.76. The van der Waals surface area contributed by atoms with Gasteiger partial charge in [0.15, 0.2) is 0 Å². The van der Waals surface area contributed by atoms with Crippen LogP contribution < -0.4 is 5.32 Å². The number of nitrogens with one attached hydrogen (secondary N) is 1. The summed E-state index contributed by atoms with van der Waals surface area (Å²) in [6.45, 7) is 0.705. The number of carboxylic acids is 1. The molecule has 0 aliphatic rings. The zero-order valence-corrected chi connectivity index (χ0v) is 9.20. The molecule has 16 heavy (non-hydrogen) atoms. The first-order chi connectivity index (χ1) is 7.75. The van der Waals surface area contributed by atoms with Crippen molar-refractivity contribution in [2.24, 2.45) is 0 Å². The van der Waals surface area contributed by atoms with Crippen molar-refractivity contribution in [3.05, 3.63) is 46.4 Å². The topological polar surface area (TPSA) is 62.2 Å². The average Bonchev–Trinajstić information content (AvgIpc) is 2.80. The fourth-order valence-corrected chi connectivity index (χ4v) is 1.78. The molecule has 0 fully saturated rings. The van der Waals surface area contributed by atoms with Crippen LogP contribution in [0, 0.1) is 0 Å². The van der Waals surface area contributed by atoms with Crippen molar-refractivity contribution >= 4 is 23.0 Å². The van der Waals surface area contributed by atoms with Gasteiger partial charge in [-0.15, -0.1) is 11.3 Å². The van der Waals surface area contributed by atoms with E-state index in [1.807, 2.05) is 6.20 Å². The molecule has 1 aromatic carbocycles. The van der Waals surface area contributed by atoms with Crippen molar-refractivity contribution in [3.63, 3.8) is 0 Å². The van der Waals surface area contributed by atoms with Crippen LogP contribution in [-0.4, -0.2) is 16.1 Å². The lowest BCUT2D eigenvalue weighted by Gasteiger charge is -2.04. The summed E-state index contributed by atoms with van der Waals surface area (Å²) in [4.78, 5) is 15.7. The predicted octanol–water partition coefficient (Wildman–Crippen LogP) is 2.45. The third-order valence-corrected chi connectivity index (χ3v) is 2.86. The summed E-state index contributed by atoms with van der Waals surface area (Å²) >= 11 is 1.58. The van der Waals surface area contributed by atoms with Crippen LogP contribution in [0.5, 0.6) is 0 Å². The monoisotopic (exact) mass is 234 g/mol. The number of benzene rings is 1.